The van der Waals surface area contributed by atoms with Crippen LogP contribution in [-0.4, -0.2) is 38.7 Å². The number of nitro groups is 1. The maximum Gasteiger partial charge on any atom is 0.333 e. The zero-order valence-corrected chi connectivity index (χ0v) is 16.2. The quantitative estimate of drug-likeness (QED) is 0.608. The molecule has 1 saturated heterocycles. The molecule has 140 valence electrons. The monoisotopic (exact) mass is 397 g/mol. The summed E-state index contributed by atoms with van der Waals surface area (Å²) in [5.41, 5.74) is 1.62. The zero-order chi connectivity index (χ0) is 18.8. The van der Waals surface area contributed by atoms with Crippen LogP contribution in [0.4, 0.5) is 11.5 Å². The van der Waals surface area contributed by atoms with Gasteiger partial charge in [-0.15, -0.1) is 0 Å². The number of piperidine rings is 1. The summed E-state index contributed by atoms with van der Waals surface area (Å²) >= 11 is 12.0. The maximum absolute atomic E-state index is 11.3. The van der Waals surface area contributed by atoms with E-state index in [0.29, 0.717) is 21.6 Å². The molecule has 1 aliphatic rings. The summed E-state index contributed by atoms with van der Waals surface area (Å²) in [5, 5.41) is 19.9. The van der Waals surface area contributed by atoms with Gasteiger partial charge in [-0.2, -0.15) is 5.10 Å². The SMILES string of the molecule is Cc1nn(C)c(NC2CCN(Cc3ccc(Cl)c(Cl)c3)CC2)c1[N+](=O)[O-]. The van der Waals surface area contributed by atoms with E-state index >= 15 is 0 Å². The summed E-state index contributed by atoms with van der Waals surface area (Å²) in [5.74, 6) is 0.482. The average molecular weight is 398 g/mol. The summed E-state index contributed by atoms with van der Waals surface area (Å²) in [4.78, 5) is 13.3. The molecule has 3 rings (SSSR count). The van der Waals surface area contributed by atoms with Gasteiger partial charge in [-0.25, -0.2) is 4.68 Å². The van der Waals surface area contributed by atoms with Gasteiger partial charge in [0, 0.05) is 32.7 Å². The molecule has 0 aliphatic carbocycles. The first-order chi connectivity index (χ1) is 12.3. The van der Waals surface area contributed by atoms with E-state index in [1.165, 1.54) is 0 Å². The van der Waals surface area contributed by atoms with Crippen LogP contribution in [0.25, 0.3) is 0 Å². The highest BCUT2D eigenvalue weighted by molar-refractivity contribution is 6.42. The lowest BCUT2D eigenvalue weighted by Crippen LogP contribution is -2.39. The number of benzene rings is 1. The summed E-state index contributed by atoms with van der Waals surface area (Å²) < 4.78 is 1.55. The summed E-state index contributed by atoms with van der Waals surface area (Å²) in [6.07, 6.45) is 1.81. The van der Waals surface area contributed by atoms with Crippen LogP contribution in [0.3, 0.4) is 0 Å². The number of nitrogens with one attached hydrogen (secondary N) is 1. The van der Waals surface area contributed by atoms with Gasteiger partial charge in [0.1, 0.15) is 5.69 Å². The van der Waals surface area contributed by atoms with Crippen molar-refractivity contribution in [3.63, 3.8) is 0 Å². The number of nitrogens with zero attached hydrogens (tertiary/aromatic N) is 4. The lowest BCUT2D eigenvalue weighted by atomic mass is 10.0. The normalized spacial score (nSPS) is 16.0. The maximum atomic E-state index is 11.3. The van der Waals surface area contributed by atoms with Crippen molar-refractivity contribution >= 4 is 34.7 Å². The van der Waals surface area contributed by atoms with Gasteiger partial charge in [-0.1, -0.05) is 29.3 Å². The predicted molar refractivity (Wildman–Crippen MR) is 103 cm³/mol. The van der Waals surface area contributed by atoms with Crippen molar-refractivity contribution in [1.82, 2.24) is 14.7 Å². The first kappa shape index (κ1) is 18.9. The highest BCUT2D eigenvalue weighted by Gasteiger charge is 2.27. The third kappa shape index (κ3) is 4.11. The van der Waals surface area contributed by atoms with E-state index in [1.807, 2.05) is 18.2 Å². The Balaban J connectivity index is 1.59. The number of aromatic nitrogens is 2. The fourth-order valence-electron chi connectivity index (χ4n) is 3.35. The molecule has 0 radical (unpaired) electrons. The Hall–Kier alpha value is -1.83. The van der Waals surface area contributed by atoms with Crippen LogP contribution < -0.4 is 5.32 Å². The van der Waals surface area contributed by atoms with Gasteiger partial charge in [0.15, 0.2) is 0 Å². The molecule has 9 heteroatoms. The molecule has 0 amide bonds. The third-order valence-electron chi connectivity index (χ3n) is 4.69. The Kier molecular flexibility index (Phi) is 5.70. The minimum Gasteiger partial charge on any atom is -0.362 e. The Labute approximate surface area is 162 Å². The van der Waals surface area contributed by atoms with Gasteiger partial charge in [-0.3, -0.25) is 15.0 Å². The Morgan fingerprint density at radius 1 is 1.31 bits per heavy atom. The molecule has 26 heavy (non-hydrogen) atoms. The Morgan fingerprint density at radius 2 is 2.00 bits per heavy atom. The fraction of sp³-hybridized carbons (Fsp3) is 0.471. The van der Waals surface area contributed by atoms with E-state index < -0.39 is 0 Å². The van der Waals surface area contributed by atoms with E-state index in [-0.39, 0.29) is 16.7 Å². The van der Waals surface area contributed by atoms with Crippen LogP contribution in [0.2, 0.25) is 10.0 Å². The topological polar surface area (TPSA) is 76.2 Å². The minimum atomic E-state index is -0.371. The Bertz CT molecular complexity index is 816. The number of rotatable bonds is 5. The van der Waals surface area contributed by atoms with Gasteiger partial charge in [0.2, 0.25) is 5.82 Å². The standard InChI is InChI=1S/C17H21Cl2N5O2/c1-11-16(24(25)26)17(22(2)21-11)20-13-5-7-23(8-6-13)10-12-3-4-14(18)15(19)9-12/h3-4,9,13,20H,5-8,10H2,1-2H3. The van der Waals surface area contributed by atoms with Crippen molar-refractivity contribution in [3.05, 3.63) is 49.6 Å². The van der Waals surface area contributed by atoms with Crippen molar-refractivity contribution < 1.29 is 4.92 Å². The van der Waals surface area contributed by atoms with E-state index in [2.05, 4.69) is 15.3 Å². The molecule has 1 N–H and O–H groups in total. The molecule has 0 unspecified atom stereocenters. The molecule has 1 aromatic heterocycles. The van der Waals surface area contributed by atoms with Crippen LogP contribution in [0.15, 0.2) is 18.2 Å². The molecule has 1 aliphatic heterocycles. The summed E-state index contributed by atoms with van der Waals surface area (Å²) in [6.45, 7) is 4.28. The van der Waals surface area contributed by atoms with Crippen molar-refractivity contribution in [1.29, 1.82) is 0 Å². The molecule has 1 aromatic carbocycles. The molecule has 2 heterocycles. The minimum absolute atomic E-state index is 0.0609. The van der Waals surface area contributed by atoms with Crippen LogP contribution in [0, 0.1) is 17.0 Å². The molecular formula is C17H21Cl2N5O2. The molecular weight excluding hydrogens is 377 g/mol. The molecule has 7 nitrogen and oxygen atoms in total. The molecule has 0 spiro atoms. The van der Waals surface area contributed by atoms with E-state index in [4.69, 9.17) is 23.2 Å². The average Bonchev–Trinajstić information content (AvgIpc) is 2.86. The number of hydrogen-bond acceptors (Lipinski definition) is 5. The number of aryl methyl sites for hydroxylation is 2. The van der Waals surface area contributed by atoms with Crippen molar-refractivity contribution in [3.8, 4) is 0 Å². The highest BCUT2D eigenvalue weighted by Crippen LogP contribution is 2.29. The van der Waals surface area contributed by atoms with Gasteiger partial charge in [0.05, 0.1) is 15.0 Å². The second-order valence-electron chi connectivity index (χ2n) is 6.61. The fourth-order valence-corrected chi connectivity index (χ4v) is 3.67. The van der Waals surface area contributed by atoms with Crippen LogP contribution in [0.5, 0.6) is 0 Å². The highest BCUT2D eigenvalue weighted by atomic mass is 35.5. The second kappa shape index (κ2) is 7.82. The molecule has 0 saturated carbocycles. The van der Waals surface area contributed by atoms with Crippen LogP contribution in [0.1, 0.15) is 24.1 Å². The summed E-state index contributed by atoms with van der Waals surface area (Å²) in [6, 6.07) is 5.89. The first-order valence-electron chi connectivity index (χ1n) is 8.46. The lowest BCUT2D eigenvalue weighted by molar-refractivity contribution is -0.384. The molecule has 0 atom stereocenters. The molecule has 1 fully saturated rings. The van der Waals surface area contributed by atoms with Crippen molar-refractivity contribution in [2.75, 3.05) is 18.4 Å². The van der Waals surface area contributed by atoms with Gasteiger partial charge in [-0.05, 0) is 37.5 Å². The Morgan fingerprint density at radius 3 is 2.62 bits per heavy atom. The third-order valence-corrected chi connectivity index (χ3v) is 5.43. The number of hydrogen-bond donors (Lipinski definition) is 1. The van der Waals surface area contributed by atoms with Gasteiger partial charge < -0.3 is 5.32 Å². The molecule has 2 aromatic rings. The second-order valence-corrected chi connectivity index (χ2v) is 7.42. The lowest BCUT2D eigenvalue weighted by Gasteiger charge is -2.32. The first-order valence-corrected chi connectivity index (χ1v) is 9.21. The van der Waals surface area contributed by atoms with Crippen LogP contribution >= 0.6 is 23.2 Å². The van der Waals surface area contributed by atoms with Crippen LogP contribution in [-0.2, 0) is 13.6 Å². The largest absolute Gasteiger partial charge is 0.362 e. The number of likely N-dealkylation sites (tertiary alicyclic amines) is 1. The zero-order valence-electron chi connectivity index (χ0n) is 14.7. The number of anilines is 1. The number of halogens is 2. The molecule has 0 bridgehead atoms. The van der Waals surface area contributed by atoms with Crippen molar-refractivity contribution in [2.45, 2.75) is 32.4 Å². The summed E-state index contributed by atoms with van der Waals surface area (Å²) in [7, 11) is 1.72. The smallest absolute Gasteiger partial charge is 0.333 e. The predicted octanol–water partition coefficient (Wildman–Crippen LogP) is 4.02. The van der Waals surface area contributed by atoms with E-state index in [1.54, 1.807) is 18.7 Å². The van der Waals surface area contributed by atoms with Crippen molar-refractivity contribution in [2.24, 2.45) is 7.05 Å². The van der Waals surface area contributed by atoms with Gasteiger partial charge >= 0.3 is 5.69 Å². The van der Waals surface area contributed by atoms with E-state index in [0.717, 1.165) is 38.0 Å². The van der Waals surface area contributed by atoms with E-state index in [9.17, 15) is 10.1 Å². The van der Waals surface area contributed by atoms with Gasteiger partial charge in [0.25, 0.3) is 0 Å².